The van der Waals surface area contributed by atoms with Crippen molar-refractivity contribution >= 4 is 5.69 Å². The van der Waals surface area contributed by atoms with Gasteiger partial charge in [0.1, 0.15) is 0 Å². The molecule has 1 saturated heterocycles. The highest BCUT2D eigenvalue weighted by molar-refractivity contribution is 5.48. The summed E-state index contributed by atoms with van der Waals surface area (Å²) in [7, 11) is 0. The zero-order valence-corrected chi connectivity index (χ0v) is 12.7. The van der Waals surface area contributed by atoms with Gasteiger partial charge >= 0.3 is 0 Å². The quantitative estimate of drug-likeness (QED) is 0.889. The number of aryl methyl sites for hydroxylation is 1. The first-order valence-corrected chi connectivity index (χ1v) is 7.76. The maximum Gasteiger partial charge on any atom is 0.0367 e. The molecule has 2 nitrogen and oxygen atoms in total. The van der Waals surface area contributed by atoms with E-state index in [2.05, 4.69) is 55.3 Å². The molecule has 0 bridgehead atoms. The van der Waals surface area contributed by atoms with E-state index in [0.29, 0.717) is 0 Å². The number of anilines is 1. The topological polar surface area (TPSA) is 15.3 Å². The molecule has 0 spiro atoms. The summed E-state index contributed by atoms with van der Waals surface area (Å²) < 4.78 is 0. The van der Waals surface area contributed by atoms with Gasteiger partial charge < -0.3 is 10.2 Å². The van der Waals surface area contributed by atoms with Crippen LogP contribution in [0.25, 0.3) is 0 Å². The normalized spacial score (nSPS) is 24.3. The number of nitrogens with zero attached hydrogens (tertiary/aromatic N) is 1. The number of rotatable bonds is 4. The van der Waals surface area contributed by atoms with Crippen molar-refractivity contribution in [2.75, 3.05) is 24.5 Å². The molecule has 0 radical (unpaired) electrons. The number of benzene rings is 1. The fourth-order valence-electron chi connectivity index (χ4n) is 2.84. The summed E-state index contributed by atoms with van der Waals surface area (Å²) in [5, 5.41) is 3.70. The monoisotopic (exact) mass is 260 g/mol. The highest BCUT2D eigenvalue weighted by Crippen LogP contribution is 2.22. The molecule has 0 amide bonds. The molecule has 1 unspecified atom stereocenters. The SMILES string of the molecule is CCCc1ccc(N2CCCNC(C)(CC)C2)cc1. The lowest BCUT2D eigenvalue weighted by atomic mass is 9.98. The Morgan fingerprint density at radius 3 is 2.58 bits per heavy atom. The minimum absolute atomic E-state index is 0.249. The minimum atomic E-state index is 0.249. The van der Waals surface area contributed by atoms with Gasteiger partial charge in [-0.05, 0) is 50.4 Å². The summed E-state index contributed by atoms with van der Waals surface area (Å²) in [5.74, 6) is 0. The standard InChI is InChI=1S/C17H28N2/c1-4-7-15-8-10-16(11-9-15)19-13-6-12-18-17(3,5-2)14-19/h8-11,18H,4-7,12-14H2,1-3H3. The van der Waals surface area contributed by atoms with Gasteiger partial charge in [-0.2, -0.15) is 0 Å². The Bertz CT molecular complexity index is 385. The van der Waals surface area contributed by atoms with E-state index in [1.54, 1.807) is 0 Å². The van der Waals surface area contributed by atoms with Crippen LogP contribution in [0.2, 0.25) is 0 Å². The third kappa shape index (κ3) is 3.73. The van der Waals surface area contributed by atoms with Gasteiger partial charge in [-0.3, -0.25) is 0 Å². The van der Waals surface area contributed by atoms with Gasteiger partial charge in [-0.15, -0.1) is 0 Å². The second-order valence-electron chi connectivity index (χ2n) is 6.03. The number of hydrogen-bond donors (Lipinski definition) is 1. The van der Waals surface area contributed by atoms with E-state index in [1.807, 2.05) is 0 Å². The molecular weight excluding hydrogens is 232 g/mol. The zero-order valence-electron chi connectivity index (χ0n) is 12.7. The van der Waals surface area contributed by atoms with Crippen LogP contribution in [0.5, 0.6) is 0 Å². The Hall–Kier alpha value is -1.02. The molecule has 19 heavy (non-hydrogen) atoms. The molecule has 1 N–H and O–H groups in total. The second kappa shape index (κ2) is 6.42. The van der Waals surface area contributed by atoms with Crippen molar-refractivity contribution in [1.82, 2.24) is 5.32 Å². The van der Waals surface area contributed by atoms with Crippen molar-refractivity contribution in [3.8, 4) is 0 Å². The van der Waals surface area contributed by atoms with Crippen molar-refractivity contribution in [1.29, 1.82) is 0 Å². The first-order chi connectivity index (χ1) is 9.17. The molecular formula is C17H28N2. The average molecular weight is 260 g/mol. The molecule has 1 aliphatic rings. The summed E-state index contributed by atoms with van der Waals surface area (Å²) in [4.78, 5) is 2.54. The van der Waals surface area contributed by atoms with Crippen LogP contribution in [0.15, 0.2) is 24.3 Å². The molecule has 0 aliphatic carbocycles. The zero-order chi connectivity index (χ0) is 13.7. The Morgan fingerprint density at radius 1 is 1.21 bits per heavy atom. The van der Waals surface area contributed by atoms with E-state index in [4.69, 9.17) is 0 Å². The van der Waals surface area contributed by atoms with Crippen LogP contribution < -0.4 is 10.2 Å². The van der Waals surface area contributed by atoms with Gasteiger partial charge in [-0.25, -0.2) is 0 Å². The maximum absolute atomic E-state index is 3.70. The van der Waals surface area contributed by atoms with Crippen LogP contribution in [0.3, 0.4) is 0 Å². The summed E-state index contributed by atoms with van der Waals surface area (Å²) in [6.07, 6.45) is 4.82. The molecule has 2 heteroatoms. The fraction of sp³-hybridized carbons (Fsp3) is 0.647. The molecule has 1 atom stereocenters. The molecule has 106 valence electrons. The molecule has 0 aromatic heterocycles. The van der Waals surface area contributed by atoms with Gasteiger partial charge in [0.15, 0.2) is 0 Å². The molecule has 2 rings (SSSR count). The summed E-state index contributed by atoms with van der Waals surface area (Å²) in [6, 6.07) is 9.18. The van der Waals surface area contributed by atoms with Gasteiger partial charge in [0.05, 0.1) is 0 Å². The van der Waals surface area contributed by atoms with Gasteiger partial charge in [0.25, 0.3) is 0 Å². The minimum Gasteiger partial charge on any atom is -0.370 e. The lowest BCUT2D eigenvalue weighted by Crippen LogP contribution is -2.48. The Balaban J connectivity index is 2.10. The summed E-state index contributed by atoms with van der Waals surface area (Å²) in [5.41, 5.74) is 3.08. The van der Waals surface area contributed by atoms with E-state index >= 15 is 0 Å². The molecule has 0 saturated carbocycles. The molecule has 1 fully saturated rings. The Kier molecular flexibility index (Phi) is 4.87. The van der Waals surface area contributed by atoms with E-state index in [9.17, 15) is 0 Å². The van der Waals surface area contributed by atoms with Crippen LogP contribution in [0.1, 0.15) is 45.6 Å². The van der Waals surface area contributed by atoms with Crippen LogP contribution >= 0.6 is 0 Å². The van der Waals surface area contributed by atoms with E-state index < -0.39 is 0 Å². The van der Waals surface area contributed by atoms with E-state index in [0.717, 1.165) is 19.6 Å². The lowest BCUT2D eigenvalue weighted by Gasteiger charge is -2.34. The van der Waals surface area contributed by atoms with Crippen LogP contribution in [0.4, 0.5) is 5.69 Å². The number of hydrogen-bond acceptors (Lipinski definition) is 2. The lowest BCUT2D eigenvalue weighted by molar-refractivity contribution is 0.366. The summed E-state index contributed by atoms with van der Waals surface area (Å²) >= 11 is 0. The third-order valence-corrected chi connectivity index (χ3v) is 4.32. The van der Waals surface area contributed by atoms with Crippen molar-refractivity contribution < 1.29 is 0 Å². The van der Waals surface area contributed by atoms with Crippen LogP contribution in [0, 0.1) is 0 Å². The van der Waals surface area contributed by atoms with Crippen molar-refractivity contribution in [2.24, 2.45) is 0 Å². The van der Waals surface area contributed by atoms with Gasteiger partial charge in [0, 0.05) is 24.3 Å². The van der Waals surface area contributed by atoms with Crippen LogP contribution in [-0.4, -0.2) is 25.2 Å². The third-order valence-electron chi connectivity index (χ3n) is 4.32. The molecule has 1 heterocycles. The highest BCUT2D eigenvalue weighted by Gasteiger charge is 2.27. The van der Waals surface area contributed by atoms with Gasteiger partial charge in [-0.1, -0.05) is 32.4 Å². The molecule has 1 aromatic rings. The Labute approximate surface area is 118 Å². The van der Waals surface area contributed by atoms with E-state index in [1.165, 1.54) is 36.9 Å². The first kappa shape index (κ1) is 14.4. The number of nitrogens with one attached hydrogen (secondary N) is 1. The van der Waals surface area contributed by atoms with Crippen LogP contribution in [-0.2, 0) is 6.42 Å². The fourth-order valence-corrected chi connectivity index (χ4v) is 2.84. The predicted molar refractivity (Wildman–Crippen MR) is 84.0 cm³/mol. The average Bonchev–Trinajstić information content (AvgIpc) is 2.63. The van der Waals surface area contributed by atoms with E-state index in [-0.39, 0.29) is 5.54 Å². The molecule has 1 aliphatic heterocycles. The second-order valence-corrected chi connectivity index (χ2v) is 6.03. The van der Waals surface area contributed by atoms with Crippen molar-refractivity contribution in [2.45, 2.75) is 52.0 Å². The smallest absolute Gasteiger partial charge is 0.0367 e. The first-order valence-electron chi connectivity index (χ1n) is 7.76. The maximum atomic E-state index is 3.70. The Morgan fingerprint density at radius 2 is 1.95 bits per heavy atom. The predicted octanol–water partition coefficient (Wildman–Crippen LogP) is 3.61. The van der Waals surface area contributed by atoms with Crippen molar-refractivity contribution in [3.63, 3.8) is 0 Å². The van der Waals surface area contributed by atoms with Gasteiger partial charge in [0.2, 0.25) is 0 Å². The van der Waals surface area contributed by atoms with Crippen molar-refractivity contribution in [3.05, 3.63) is 29.8 Å². The summed E-state index contributed by atoms with van der Waals surface area (Å²) in [6.45, 7) is 10.3. The highest BCUT2D eigenvalue weighted by atomic mass is 15.2. The molecule has 1 aromatic carbocycles. The largest absolute Gasteiger partial charge is 0.370 e.